The lowest BCUT2D eigenvalue weighted by Gasteiger charge is -2.13. The van der Waals surface area contributed by atoms with Crippen molar-refractivity contribution in [2.75, 3.05) is 14.2 Å². The van der Waals surface area contributed by atoms with Crippen LogP contribution in [0.2, 0.25) is 0 Å². The molecule has 1 unspecified atom stereocenters. The summed E-state index contributed by atoms with van der Waals surface area (Å²) in [6.45, 7) is 1.65. The molecule has 1 amide bonds. The van der Waals surface area contributed by atoms with Crippen molar-refractivity contribution in [1.82, 2.24) is 5.43 Å². The molecule has 0 aliphatic rings. The van der Waals surface area contributed by atoms with E-state index in [4.69, 9.17) is 18.9 Å². The molecule has 0 aliphatic heterocycles. The van der Waals surface area contributed by atoms with Crippen LogP contribution >= 0.6 is 0 Å². The van der Waals surface area contributed by atoms with E-state index in [-0.39, 0.29) is 5.91 Å². The maximum Gasteiger partial charge on any atom is 0.343 e. The Morgan fingerprint density at radius 1 is 0.811 bits per heavy atom. The smallest absolute Gasteiger partial charge is 0.343 e. The molecule has 0 bridgehead atoms. The number of fused-ring (bicyclic) bond motifs is 1. The van der Waals surface area contributed by atoms with E-state index in [1.165, 1.54) is 20.4 Å². The van der Waals surface area contributed by atoms with Crippen molar-refractivity contribution in [2.24, 2.45) is 5.10 Å². The normalized spacial score (nSPS) is 11.6. The summed E-state index contributed by atoms with van der Waals surface area (Å²) in [6, 6.07) is 25.1. The average molecular weight is 499 g/mol. The van der Waals surface area contributed by atoms with Crippen LogP contribution in [0.25, 0.3) is 10.8 Å². The molecule has 0 aliphatic carbocycles. The number of hydrazone groups is 1. The quantitative estimate of drug-likeness (QED) is 0.151. The van der Waals surface area contributed by atoms with Crippen LogP contribution in [-0.4, -0.2) is 38.4 Å². The molecule has 8 nitrogen and oxygen atoms in total. The Hall–Kier alpha value is -4.85. The highest BCUT2D eigenvalue weighted by atomic mass is 16.5. The minimum absolute atomic E-state index is 0.325. The first-order valence-electron chi connectivity index (χ1n) is 11.5. The van der Waals surface area contributed by atoms with Crippen LogP contribution in [0.1, 0.15) is 22.8 Å². The lowest BCUT2D eigenvalue weighted by atomic mass is 10.1. The topological polar surface area (TPSA) is 95.5 Å². The van der Waals surface area contributed by atoms with Crippen LogP contribution in [0.15, 0.2) is 90.0 Å². The lowest BCUT2D eigenvalue weighted by molar-refractivity contribution is -0.127. The first kappa shape index (κ1) is 25.2. The van der Waals surface area contributed by atoms with Gasteiger partial charge >= 0.3 is 5.97 Å². The molecule has 0 saturated heterocycles. The average Bonchev–Trinajstić information content (AvgIpc) is 2.93. The maximum atomic E-state index is 12.5. The highest BCUT2D eigenvalue weighted by Crippen LogP contribution is 2.28. The highest BCUT2D eigenvalue weighted by Gasteiger charge is 2.15. The van der Waals surface area contributed by atoms with Gasteiger partial charge in [0.05, 0.1) is 26.0 Å². The summed E-state index contributed by atoms with van der Waals surface area (Å²) in [5.41, 5.74) is 3.50. The van der Waals surface area contributed by atoms with Gasteiger partial charge in [0.15, 0.2) is 17.6 Å². The minimum Gasteiger partial charge on any atom is -0.493 e. The zero-order valence-electron chi connectivity index (χ0n) is 20.6. The molecule has 0 radical (unpaired) electrons. The maximum absolute atomic E-state index is 12.5. The van der Waals surface area contributed by atoms with E-state index in [9.17, 15) is 9.59 Å². The molecule has 4 aromatic rings. The van der Waals surface area contributed by atoms with Crippen molar-refractivity contribution in [2.45, 2.75) is 13.0 Å². The molecule has 0 saturated carbocycles. The van der Waals surface area contributed by atoms with Gasteiger partial charge in [-0.1, -0.05) is 30.3 Å². The number of ether oxygens (including phenoxy) is 4. The lowest BCUT2D eigenvalue weighted by Crippen LogP contribution is -2.33. The number of rotatable bonds is 9. The number of nitrogens with one attached hydrogen (secondary N) is 1. The van der Waals surface area contributed by atoms with Gasteiger partial charge < -0.3 is 18.9 Å². The highest BCUT2D eigenvalue weighted by molar-refractivity contribution is 5.92. The largest absolute Gasteiger partial charge is 0.493 e. The Bertz CT molecular complexity index is 1430. The number of carbonyl (C=O) groups is 2. The predicted molar refractivity (Wildman–Crippen MR) is 141 cm³/mol. The van der Waals surface area contributed by atoms with Gasteiger partial charge in [0.25, 0.3) is 5.91 Å². The van der Waals surface area contributed by atoms with E-state index in [1.54, 1.807) is 49.4 Å². The standard InChI is InChI=1S/C29H26N2O6/c1-19(36-25-14-10-21-6-4-5-7-22(21)16-25)28(32)31-30-18-20-8-12-24(13-9-20)37-29(33)23-11-15-26(34-2)27(17-23)35-3/h4-19H,1-3H3,(H,31,32)/b30-18+. The Kier molecular flexibility index (Phi) is 8.00. The third-order valence-electron chi connectivity index (χ3n) is 5.50. The van der Waals surface area contributed by atoms with Crippen molar-refractivity contribution >= 4 is 28.9 Å². The number of amides is 1. The van der Waals surface area contributed by atoms with Crippen molar-refractivity contribution < 1.29 is 28.5 Å². The predicted octanol–water partition coefficient (Wildman–Crippen LogP) is 4.99. The number of nitrogens with zero attached hydrogens (tertiary/aromatic N) is 1. The van der Waals surface area contributed by atoms with Gasteiger partial charge in [0.1, 0.15) is 11.5 Å². The van der Waals surface area contributed by atoms with Crippen molar-refractivity contribution in [3.63, 3.8) is 0 Å². The summed E-state index contributed by atoms with van der Waals surface area (Å²) < 4.78 is 21.6. The summed E-state index contributed by atoms with van der Waals surface area (Å²) in [7, 11) is 3.01. The monoisotopic (exact) mass is 498 g/mol. The van der Waals surface area contributed by atoms with Crippen molar-refractivity contribution in [3.05, 3.63) is 96.1 Å². The van der Waals surface area contributed by atoms with E-state index in [1.807, 2.05) is 42.5 Å². The fraction of sp³-hybridized carbons (Fsp3) is 0.138. The van der Waals surface area contributed by atoms with Gasteiger partial charge in [-0.2, -0.15) is 5.10 Å². The van der Waals surface area contributed by atoms with E-state index in [0.29, 0.717) is 34.1 Å². The first-order chi connectivity index (χ1) is 18.0. The van der Waals surface area contributed by atoms with Crippen LogP contribution in [0.3, 0.4) is 0 Å². The molecular weight excluding hydrogens is 472 g/mol. The molecule has 0 aromatic heterocycles. The van der Waals surface area contributed by atoms with E-state index in [0.717, 1.165) is 10.8 Å². The second-order valence-electron chi connectivity index (χ2n) is 8.03. The zero-order chi connectivity index (χ0) is 26.2. The van der Waals surface area contributed by atoms with Crippen molar-refractivity contribution in [3.8, 4) is 23.0 Å². The van der Waals surface area contributed by atoms with Gasteiger partial charge in [0, 0.05) is 0 Å². The van der Waals surface area contributed by atoms with E-state index in [2.05, 4.69) is 10.5 Å². The van der Waals surface area contributed by atoms with E-state index >= 15 is 0 Å². The van der Waals surface area contributed by atoms with Gasteiger partial charge in [0.2, 0.25) is 0 Å². The second-order valence-corrected chi connectivity index (χ2v) is 8.03. The molecule has 1 N–H and O–H groups in total. The number of hydrogen-bond donors (Lipinski definition) is 1. The van der Waals surface area contributed by atoms with Crippen LogP contribution in [0.5, 0.6) is 23.0 Å². The zero-order valence-corrected chi connectivity index (χ0v) is 20.6. The third-order valence-corrected chi connectivity index (χ3v) is 5.50. The van der Waals surface area contributed by atoms with Crippen LogP contribution in [-0.2, 0) is 4.79 Å². The molecule has 0 heterocycles. The van der Waals surface area contributed by atoms with E-state index < -0.39 is 12.1 Å². The Labute approximate surface area is 214 Å². The fourth-order valence-corrected chi connectivity index (χ4v) is 3.51. The third kappa shape index (κ3) is 6.43. The first-order valence-corrected chi connectivity index (χ1v) is 11.5. The van der Waals surface area contributed by atoms with Gasteiger partial charge in [-0.3, -0.25) is 4.79 Å². The molecular formula is C29H26N2O6. The van der Waals surface area contributed by atoms with Gasteiger partial charge in [-0.05, 0) is 77.9 Å². The second kappa shape index (κ2) is 11.7. The number of esters is 1. The summed E-state index contributed by atoms with van der Waals surface area (Å²) >= 11 is 0. The molecule has 1 atom stereocenters. The van der Waals surface area contributed by atoms with Crippen LogP contribution < -0.4 is 24.4 Å². The van der Waals surface area contributed by atoms with Crippen LogP contribution in [0, 0.1) is 0 Å². The summed E-state index contributed by atoms with van der Waals surface area (Å²) in [6.07, 6.45) is 0.748. The Morgan fingerprint density at radius 2 is 1.51 bits per heavy atom. The van der Waals surface area contributed by atoms with Gasteiger partial charge in [-0.15, -0.1) is 0 Å². The van der Waals surface area contributed by atoms with Crippen molar-refractivity contribution in [1.29, 1.82) is 0 Å². The summed E-state index contributed by atoms with van der Waals surface area (Å²) in [4.78, 5) is 24.8. The molecule has 4 aromatic carbocycles. The summed E-state index contributed by atoms with van der Waals surface area (Å²) in [5, 5.41) is 6.12. The van der Waals surface area contributed by atoms with Gasteiger partial charge in [-0.25, -0.2) is 10.2 Å². The molecule has 188 valence electrons. The number of carbonyl (C=O) groups excluding carboxylic acids is 2. The molecule has 37 heavy (non-hydrogen) atoms. The number of hydrogen-bond acceptors (Lipinski definition) is 7. The molecule has 0 fully saturated rings. The molecule has 4 rings (SSSR count). The fourth-order valence-electron chi connectivity index (χ4n) is 3.51. The Morgan fingerprint density at radius 3 is 2.24 bits per heavy atom. The summed E-state index contributed by atoms with van der Waals surface area (Å²) in [5.74, 6) is 0.994. The number of methoxy groups -OCH3 is 2. The minimum atomic E-state index is -0.739. The molecule has 8 heteroatoms. The van der Waals surface area contributed by atoms with Crippen LogP contribution in [0.4, 0.5) is 0 Å². The number of benzene rings is 4. The molecule has 0 spiro atoms. The SMILES string of the molecule is COc1ccc(C(=O)Oc2ccc(/C=N/NC(=O)C(C)Oc3ccc4ccccc4c3)cc2)cc1OC. The Balaban J connectivity index is 1.29.